The largest absolute Gasteiger partial charge is 0.507 e. The fourth-order valence-electron chi connectivity index (χ4n) is 3.14. The Hall–Kier alpha value is -1.42. The minimum absolute atomic E-state index is 0.0993. The van der Waals surface area contributed by atoms with Crippen LogP contribution in [0.25, 0.3) is 0 Å². The van der Waals surface area contributed by atoms with Crippen molar-refractivity contribution in [3.8, 4) is 5.75 Å². The summed E-state index contributed by atoms with van der Waals surface area (Å²) in [6.07, 6.45) is 0.911. The number of thioether (sulfide) groups is 1. The van der Waals surface area contributed by atoms with Crippen molar-refractivity contribution in [2.75, 3.05) is 6.54 Å². The number of hydrogen-bond acceptors (Lipinski definition) is 3. The number of hydrogen-bond donors (Lipinski definition) is 1. The van der Waals surface area contributed by atoms with Crippen LogP contribution in [0.3, 0.4) is 0 Å². The van der Waals surface area contributed by atoms with E-state index in [4.69, 9.17) is 0 Å². The van der Waals surface area contributed by atoms with Gasteiger partial charge in [-0.05, 0) is 46.1 Å². The minimum atomic E-state index is -0.276. The molecule has 1 aliphatic rings. The first-order chi connectivity index (χ1) is 11.4. The van der Waals surface area contributed by atoms with Crippen molar-refractivity contribution in [3.05, 3.63) is 40.4 Å². The summed E-state index contributed by atoms with van der Waals surface area (Å²) in [5, 5.41) is 11.4. The number of nitrogens with zero attached hydrogens (tertiary/aromatic N) is 1. The molecule has 1 atom stereocenters. The van der Waals surface area contributed by atoms with Crippen molar-refractivity contribution >= 4 is 17.7 Å². The van der Waals surface area contributed by atoms with Gasteiger partial charge in [0, 0.05) is 6.54 Å². The Labute approximate surface area is 156 Å². The van der Waals surface area contributed by atoms with Crippen molar-refractivity contribution in [2.24, 2.45) is 0 Å². The zero-order chi connectivity index (χ0) is 19.2. The third-order valence-electron chi connectivity index (χ3n) is 4.54. The second kappa shape index (κ2) is 6.71. The average molecular weight is 362 g/mol. The molecule has 1 aromatic carbocycles. The molecule has 0 spiro atoms. The Morgan fingerprint density at radius 2 is 1.60 bits per heavy atom. The van der Waals surface area contributed by atoms with Gasteiger partial charge in [0.15, 0.2) is 0 Å². The van der Waals surface area contributed by atoms with Crippen LogP contribution in [-0.4, -0.2) is 22.5 Å². The lowest BCUT2D eigenvalue weighted by Gasteiger charge is -2.29. The molecule has 1 fully saturated rings. The molecule has 1 amide bonds. The standard InChI is InChI=1S/C21H31NO2S/c1-9-10-22-13(2)25-18(19(22)24)14-11-15(20(3,4)5)17(23)16(12-14)21(6,7)8/h11-12,18,23H,2,9-10H2,1,3-8H3. The number of carbonyl (C=O) groups is 1. The highest BCUT2D eigenvalue weighted by atomic mass is 32.2. The normalized spacial score (nSPS) is 19.0. The second-order valence-corrected chi connectivity index (χ2v) is 10.0. The molecule has 1 saturated heterocycles. The van der Waals surface area contributed by atoms with Gasteiger partial charge < -0.3 is 10.0 Å². The van der Waals surface area contributed by atoms with Crippen LogP contribution in [0.4, 0.5) is 0 Å². The van der Waals surface area contributed by atoms with Gasteiger partial charge in [-0.3, -0.25) is 4.79 Å². The van der Waals surface area contributed by atoms with E-state index in [1.54, 1.807) is 4.90 Å². The van der Waals surface area contributed by atoms with E-state index in [1.165, 1.54) is 11.8 Å². The summed E-state index contributed by atoms with van der Waals surface area (Å²) in [6, 6.07) is 4.01. The molecule has 138 valence electrons. The number of benzene rings is 1. The van der Waals surface area contributed by atoms with Gasteiger partial charge in [-0.25, -0.2) is 0 Å². The quantitative estimate of drug-likeness (QED) is 0.774. The predicted octanol–water partition coefficient (Wildman–Crippen LogP) is 5.48. The highest BCUT2D eigenvalue weighted by molar-refractivity contribution is 8.04. The molecule has 1 aliphatic heterocycles. The number of phenolic OH excluding ortho intramolecular Hbond substituents is 1. The van der Waals surface area contributed by atoms with Crippen LogP contribution >= 0.6 is 11.8 Å². The van der Waals surface area contributed by atoms with E-state index >= 15 is 0 Å². The molecule has 1 unspecified atom stereocenters. The van der Waals surface area contributed by atoms with Gasteiger partial charge in [-0.15, -0.1) is 0 Å². The van der Waals surface area contributed by atoms with E-state index < -0.39 is 0 Å². The van der Waals surface area contributed by atoms with Crippen LogP contribution in [0.5, 0.6) is 5.75 Å². The van der Waals surface area contributed by atoms with Gasteiger partial charge in [0.25, 0.3) is 0 Å². The summed E-state index contributed by atoms with van der Waals surface area (Å²) < 4.78 is 0. The van der Waals surface area contributed by atoms with E-state index in [0.29, 0.717) is 12.3 Å². The molecule has 0 saturated carbocycles. The van der Waals surface area contributed by atoms with Crippen molar-refractivity contribution in [1.29, 1.82) is 0 Å². The molecule has 1 N–H and O–H groups in total. The SMILES string of the molecule is C=C1SC(c2cc(C(C)(C)C)c(O)c(C(C)(C)C)c2)C(=O)N1CCC. The maximum Gasteiger partial charge on any atom is 0.245 e. The van der Waals surface area contributed by atoms with Gasteiger partial charge in [0.05, 0.1) is 5.03 Å². The third kappa shape index (κ3) is 3.89. The Balaban J connectivity index is 2.59. The fourth-order valence-corrected chi connectivity index (χ4v) is 4.22. The molecule has 3 nitrogen and oxygen atoms in total. The van der Waals surface area contributed by atoms with E-state index in [1.807, 2.05) is 12.1 Å². The van der Waals surface area contributed by atoms with Gasteiger partial charge in [0.1, 0.15) is 11.0 Å². The minimum Gasteiger partial charge on any atom is -0.507 e. The van der Waals surface area contributed by atoms with Crippen LogP contribution in [0.2, 0.25) is 0 Å². The molecule has 0 radical (unpaired) electrons. The van der Waals surface area contributed by atoms with E-state index in [0.717, 1.165) is 28.1 Å². The highest BCUT2D eigenvalue weighted by Crippen LogP contribution is 2.48. The Bertz CT molecular complexity index is 660. The Kier molecular flexibility index (Phi) is 5.34. The average Bonchev–Trinajstić information content (AvgIpc) is 2.73. The number of carbonyl (C=O) groups excluding carboxylic acids is 1. The summed E-state index contributed by atoms with van der Waals surface area (Å²) in [7, 11) is 0. The lowest BCUT2D eigenvalue weighted by atomic mass is 9.78. The molecule has 0 aromatic heterocycles. The first kappa shape index (κ1) is 19.9. The molecule has 25 heavy (non-hydrogen) atoms. The Morgan fingerprint density at radius 1 is 1.12 bits per heavy atom. The van der Waals surface area contributed by atoms with Crippen LogP contribution in [0, 0.1) is 0 Å². The lowest BCUT2D eigenvalue weighted by Crippen LogP contribution is -2.26. The maximum absolute atomic E-state index is 12.9. The van der Waals surface area contributed by atoms with E-state index in [-0.39, 0.29) is 22.0 Å². The monoisotopic (exact) mass is 361 g/mol. The fraction of sp³-hybridized carbons (Fsp3) is 0.571. The summed E-state index contributed by atoms with van der Waals surface area (Å²) in [6.45, 7) is 19.4. The van der Waals surface area contributed by atoms with E-state index in [9.17, 15) is 9.90 Å². The van der Waals surface area contributed by atoms with Crippen molar-refractivity contribution < 1.29 is 9.90 Å². The van der Waals surface area contributed by atoms with Crippen molar-refractivity contribution in [1.82, 2.24) is 4.90 Å². The smallest absolute Gasteiger partial charge is 0.245 e. The molecule has 0 bridgehead atoms. The zero-order valence-corrected chi connectivity index (χ0v) is 17.4. The van der Waals surface area contributed by atoms with Crippen LogP contribution in [0.15, 0.2) is 23.7 Å². The first-order valence-electron chi connectivity index (χ1n) is 8.92. The first-order valence-corrected chi connectivity index (χ1v) is 9.80. The van der Waals surface area contributed by atoms with Gasteiger partial charge >= 0.3 is 0 Å². The Morgan fingerprint density at radius 3 is 2.00 bits per heavy atom. The second-order valence-electron chi connectivity index (χ2n) is 8.85. The molecular weight excluding hydrogens is 330 g/mol. The number of phenols is 1. The number of amides is 1. The summed E-state index contributed by atoms with van der Waals surface area (Å²) in [5.41, 5.74) is 2.34. The molecular formula is C21H31NO2S. The van der Waals surface area contributed by atoms with Gasteiger partial charge in [0.2, 0.25) is 5.91 Å². The van der Waals surface area contributed by atoms with Crippen molar-refractivity contribution in [2.45, 2.75) is 71.0 Å². The molecule has 2 rings (SSSR count). The van der Waals surface area contributed by atoms with Gasteiger partial charge in [-0.1, -0.05) is 66.8 Å². The topological polar surface area (TPSA) is 40.5 Å². The highest BCUT2D eigenvalue weighted by Gasteiger charge is 2.38. The maximum atomic E-state index is 12.9. The lowest BCUT2D eigenvalue weighted by molar-refractivity contribution is -0.127. The van der Waals surface area contributed by atoms with Gasteiger partial charge in [-0.2, -0.15) is 0 Å². The molecule has 1 heterocycles. The number of aromatic hydroxyl groups is 1. The summed E-state index contributed by atoms with van der Waals surface area (Å²) in [5.74, 6) is 0.450. The molecule has 0 aliphatic carbocycles. The van der Waals surface area contributed by atoms with E-state index in [2.05, 4.69) is 55.0 Å². The third-order valence-corrected chi connectivity index (χ3v) is 5.75. The number of rotatable bonds is 3. The van der Waals surface area contributed by atoms with Crippen molar-refractivity contribution in [3.63, 3.8) is 0 Å². The predicted molar refractivity (Wildman–Crippen MR) is 107 cm³/mol. The summed E-state index contributed by atoms with van der Waals surface area (Å²) >= 11 is 1.52. The van der Waals surface area contributed by atoms with Crippen LogP contribution in [-0.2, 0) is 15.6 Å². The molecule has 4 heteroatoms. The zero-order valence-electron chi connectivity index (χ0n) is 16.6. The summed E-state index contributed by atoms with van der Waals surface area (Å²) in [4.78, 5) is 14.7. The van der Waals surface area contributed by atoms with Crippen LogP contribution < -0.4 is 0 Å². The van der Waals surface area contributed by atoms with Crippen LogP contribution in [0.1, 0.15) is 76.8 Å². The molecule has 1 aromatic rings.